The molecule has 0 atom stereocenters. The molecule has 1 fully saturated rings. The van der Waals surface area contributed by atoms with Crippen molar-refractivity contribution in [2.24, 2.45) is 5.16 Å². The summed E-state index contributed by atoms with van der Waals surface area (Å²) in [7, 11) is 0. The molecule has 1 saturated heterocycles. The smallest absolute Gasteiger partial charge is 0.225 e. The lowest BCUT2D eigenvalue weighted by molar-refractivity contribution is 0.318. The number of fused-ring (bicyclic) bond motifs is 1. The van der Waals surface area contributed by atoms with E-state index in [-0.39, 0.29) is 0 Å². The van der Waals surface area contributed by atoms with Gasteiger partial charge in [0.1, 0.15) is 11.5 Å². The van der Waals surface area contributed by atoms with E-state index in [1.54, 1.807) is 12.4 Å². The molecule has 4 heterocycles. The van der Waals surface area contributed by atoms with Gasteiger partial charge in [-0.05, 0) is 42.2 Å². The summed E-state index contributed by atoms with van der Waals surface area (Å²) >= 11 is 0. The third kappa shape index (κ3) is 3.72. The SMILES string of the molecule is O/N=C1\CCc2cc(-c3cc(-c4cnc(N5CCNCC5)nc4)oc3-c3ccncc3)ccc21. The van der Waals surface area contributed by atoms with Crippen molar-refractivity contribution in [2.45, 2.75) is 12.8 Å². The van der Waals surface area contributed by atoms with Gasteiger partial charge in [0, 0.05) is 67.7 Å². The summed E-state index contributed by atoms with van der Waals surface area (Å²) < 4.78 is 6.39. The molecular weight excluding hydrogens is 428 g/mol. The number of piperazine rings is 1. The van der Waals surface area contributed by atoms with E-state index in [4.69, 9.17) is 4.42 Å². The Morgan fingerprint density at radius 2 is 1.68 bits per heavy atom. The predicted octanol–water partition coefficient (Wildman–Crippen LogP) is 4.00. The molecule has 2 N–H and O–H groups in total. The lowest BCUT2D eigenvalue weighted by atomic mass is 9.98. The Labute approximate surface area is 197 Å². The first-order valence-corrected chi connectivity index (χ1v) is 11.5. The molecule has 170 valence electrons. The average Bonchev–Trinajstić information content (AvgIpc) is 3.54. The zero-order chi connectivity index (χ0) is 22.9. The summed E-state index contributed by atoms with van der Waals surface area (Å²) in [5.41, 5.74) is 6.76. The van der Waals surface area contributed by atoms with Crippen LogP contribution in [0.25, 0.3) is 33.8 Å². The molecule has 0 amide bonds. The number of furan rings is 1. The van der Waals surface area contributed by atoms with Crippen LogP contribution in [-0.2, 0) is 6.42 Å². The zero-order valence-corrected chi connectivity index (χ0v) is 18.6. The van der Waals surface area contributed by atoms with Gasteiger partial charge in [-0.15, -0.1) is 0 Å². The van der Waals surface area contributed by atoms with E-state index in [0.29, 0.717) is 5.76 Å². The second-order valence-corrected chi connectivity index (χ2v) is 8.52. The summed E-state index contributed by atoms with van der Waals surface area (Å²) in [5.74, 6) is 2.23. The van der Waals surface area contributed by atoms with Gasteiger partial charge in [0.25, 0.3) is 0 Å². The van der Waals surface area contributed by atoms with Gasteiger partial charge in [-0.3, -0.25) is 4.98 Å². The molecule has 0 spiro atoms. The maximum Gasteiger partial charge on any atom is 0.225 e. The normalized spacial score (nSPS) is 16.7. The second kappa shape index (κ2) is 8.72. The fourth-order valence-electron chi connectivity index (χ4n) is 4.68. The molecule has 34 heavy (non-hydrogen) atoms. The van der Waals surface area contributed by atoms with Crippen LogP contribution in [0.1, 0.15) is 17.5 Å². The monoisotopic (exact) mass is 452 g/mol. The van der Waals surface area contributed by atoms with Gasteiger partial charge in [-0.2, -0.15) is 0 Å². The van der Waals surface area contributed by atoms with E-state index < -0.39 is 0 Å². The number of hydrogen-bond acceptors (Lipinski definition) is 8. The second-order valence-electron chi connectivity index (χ2n) is 8.52. The Bertz CT molecular complexity index is 1340. The Morgan fingerprint density at radius 3 is 2.44 bits per heavy atom. The Balaban J connectivity index is 1.40. The Morgan fingerprint density at radius 1 is 0.882 bits per heavy atom. The largest absolute Gasteiger partial charge is 0.455 e. The molecule has 0 radical (unpaired) electrons. The average molecular weight is 453 g/mol. The van der Waals surface area contributed by atoms with Gasteiger partial charge >= 0.3 is 0 Å². The first kappa shape index (κ1) is 20.6. The lowest BCUT2D eigenvalue weighted by Gasteiger charge is -2.27. The van der Waals surface area contributed by atoms with Crippen LogP contribution in [-0.4, -0.2) is 52.0 Å². The van der Waals surface area contributed by atoms with E-state index in [2.05, 4.69) is 48.5 Å². The third-order valence-corrected chi connectivity index (χ3v) is 6.48. The highest BCUT2D eigenvalue weighted by atomic mass is 16.4. The van der Waals surface area contributed by atoms with Gasteiger partial charge < -0.3 is 19.8 Å². The molecule has 8 nitrogen and oxygen atoms in total. The molecule has 1 aliphatic heterocycles. The van der Waals surface area contributed by atoms with Crippen molar-refractivity contribution in [2.75, 3.05) is 31.1 Å². The molecule has 2 aliphatic rings. The van der Waals surface area contributed by atoms with Gasteiger partial charge in [0.2, 0.25) is 5.95 Å². The van der Waals surface area contributed by atoms with Crippen LogP contribution < -0.4 is 10.2 Å². The fourth-order valence-corrected chi connectivity index (χ4v) is 4.68. The van der Waals surface area contributed by atoms with E-state index in [9.17, 15) is 5.21 Å². The standard InChI is InChI=1S/C26H24N6O2/c33-31-23-4-2-18-13-19(1-3-21(18)23)22-14-24(34-25(22)17-5-7-27-8-6-17)20-15-29-26(30-16-20)32-11-9-28-10-12-32/h1,3,5-8,13-16,28,33H,2,4,9-12H2/b31-23+. The quantitative estimate of drug-likeness (QED) is 0.357. The Hall–Kier alpha value is -4.04. The van der Waals surface area contributed by atoms with Crippen LogP contribution >= 0.6 is 0 Å². The van der Waals surface area contributed by atoms with Crippen molar-refractivity contribution in [3.8, 4) is 33.8 Å². The van der Waals surface area contributed by atoms with Crippen LogP contribution in [0, 0.1) is 0 Å². The predicted molar refractivity (Wildman–Crippen MR) is 130 cm³/mol. The number of hydrogen-bond donors (Lipinski definition) is 2. The van der Waals surface area contributed by atoms with Crippen molar-refractivity contribution in [3.05, 3.63) is 72.3 Å². The van der Waals surface area contributed by atoms with E-state index in [1.165, 1.54) is 5.56 Å². The number of benzene rings is 1. The minimum Gasteiger partial charge on any atom is -0.455 e. The molecule has 1 aliphatic carbocycles. The highest BCUT2D eigenvalue weighted by Gasteiger charge is 2.22. The molecule has 0 unspecified atom stereocenters. The fraction of sp³-hybridized carbons (Fsp3) is 0.231. The number of anilines is 1. The minimum atomic E-state index is 0.715. The molecule has 3 aromatic heterocycles. The molecule has 0 bridgehead atoms. The topological polar surface area (TPSA) is 99.7 Å². The first-order chi connectivity index (χ1) is 16.8. The highest BCUT2D eigenvalue weighted by molar-refractivity contribution is 6.04. The maximum atomic E-state index is 9.27. The summed E-state index contributed by atoms with van der Waals surface area (Å²) in [6.07, 6.45) is 8.80. The minimum absolute atomic E-state index is 0.715. The molecular formula is C26H24N6O2. The van der Waals surface area contributed by atoms with Crippen LogP contribution in [0.2, 0.25) is 0 Å². The van der Waals surface area contributed by atoms with Crippen molar-refractivity contribution in [3.63, 3.8) is 0 Å². The van der Waals surface area contributed by atoms with Crippen LogP contribution in [0.15, 0.2) is 70.8 Å². The summed E-state index contributed by atoms with van der Waals surface area (Å²) in [6.45, 7) is 3.68. The molecule has 8 heteroatoms. The molecule has 6 rings (SSSR count). The van der Waals surface area contributed by atoms with Gasteiger partial charge in [-0.25, -0.2) is 9.97 Å². The molecule has 0 saturated carbocycles. The zero-order valence-electron chi connectivity index (χ0n) is 18.6. The summed E-state index contributed by atoms with van der Waals surface area (Å²) in [4.78, 5) is 15.6. The number of aryl methyl sites for hydroxylation is 1. The number of pyridine rings is 1. The third-order valence-electron chi connectivity index (χ3n) is 6.48. The summed E-state index contributed by atoms with van der Waals surface area (Å²) in [6, 6.07) is 12.2. The molecule has 4 aromatic rings. The molecule has 1 aromatic carbocycles. The van der Waals surface area contributed by atoms with E-state index in [1.807, 2.05) is 30.6 Å². The van der Waals surface area contributed by atoms with Crippen LogP contribution in [0.4, 0.5) is 5.95 Å². The number of nitrogens with zero attached hydrogens (tertiary/aromatic N) is 5. The number of aromatic nitrogens is 3. The highest BCUT2D eigenvalue weighted by Crippen LogP contribution is 2.40. The van der Waals surface area contributed by atoms with Gasteiger partial charge in [-0.1, -0.05) is 23.4 Å². The van der Waals surface area contributed by atoms with Gasteiger partial charge in [0.05, 0.1) is 11.3 Å². The van der Waals surface area contributed by atoms with Crippen molar-refractivity contribution >= 4 is 11.7 Å². The van der Waals surface area contributed by atoms with Crippen molar-refractivity contribution < 1.29 is 9.62 Å². The lowest BCUT2D eigenvalue weighted by Crippen LogP contribution is -2.44. The number of nitrogens with one attached hydrogen (secondary N) is 1. The first-order valence-electron chi connectivity index (χ1n) is 11.5. The maximum absolute atomic E-state index is 9.27. The number of oxime groups is 1. The van der Waals surface area contributed by atoms with Crippen LogP contribution in [0.3, 0.4) is 0 Å². The van der Waals surface area contributed by atoms with Crippen molar-refractivity contribution in [1.29, 1.82) is 0 Å². The number of rotatable bonds is 4. The van der Waals surface area contributed by atoms with E-state index in [0.717, 1.165) is 84.3 Å². The van der Waals surface area contributed by atoms with Crippen molar-refractivity contribution in [1.82, 2.24) is 20.3 Å². The van der Waals surface area contributed by atoms with Crippen LogP contribution in [0.5, 0.6) is 0 Å². The Kier molecular flexibility index (Phi) is 5.27. The van der Waals surface area contributed by atoms with Gasteiger partial charge in [0.15, 0.2) is 0 Å². The van der Waals surface area contributed by atoms with E-state index >= 15 is 0 Å². The summed E-state index contributed by atoms with van der Waals surface area (Å²) in [5, 5.41) is 16.1.